The van der Waals surface area contributed by atoms with E-state index in [-0.39, 0.29) is 11.4 Å². The summed E-state index contributed by atoms with van der Waals surface area (Å²) < 4.78 is 26.6. The van der Waals surface area contributed by atoms with E-state index in [1.165, 1.54) is 18.5 Å². The van der Waals surface area contributed by atoms with Crippen molar-refractivity contribution in [2.24, 2.45) is 4.99 Å². The fraction of sp³-hybridized carbons (Fsp3) is 0.467. The molecule has 0 amide bonds. The quantitative estimate of drug-likeness (QED) is 0.294. The molecule has 0 bridgehead atoms. The number of guanidine groups is 1. The fourth-order valence-corrected chi connectivity index (χ4v) is 3.17. The molecule has 0 saturated heterocycles. The number of nitrogens with zero attached hydrogens (tertiary/aromatic N) is 2. The van der Waals surface area contributed by atoms with Crippen molar-refractivity contribution in [3.05, 3.63) is 36.7 Å². The van der Waals surface area contributed by atoms with Gasteiger partial charge in [0.05, 0.1) is 6.54 Å². The predicted molar refractivity (Wildman–Crippen MR) is 90.7 cm³/mol. The molecule has 1 aromatic rings. The van der Waals surface area contributed by atoms with Crippen molar-refractivity contribution >= 4 is 16.0 Å². The van der Waals surface area contributed by atoms with Gasteiger partial charge < -0.3 is 10.6 Å². The number of hydrogen-bond acceptors (Lipinski definition) is 4. The molecule has 1 heterocycles. The first-order valence-corrected chi connectivity index (χ1v) is 9.19. The third-order valence-electron chi connectivity index (χ3n) is 3.31. The smallest absolute Gasteiger partial charge is 0.242 e. The number of sulfonamides is 1. The molecule has 0 unspecified atom stereocenters. The van der Waals surface area contributed by atoms with Gasteiger partial charge in [0.25, 0.3) is 0 Å². The van der Waals surface area contributed by atoms with Crippen molar-refractivity contribution in [2.75, 3.05) is 19.6 Å². The van der Waals surface area contributed by atoms with Crippen LogP contribution in [0.5, 0.6) is 0 Å². The number of hydrogen-bond donors (Lipinski definition) is 3. The maximum atomic E-state index is 12.0. The van der Waals surface area contributed by atoms with Gasteiger partial charge in [-0.2, -0.15) is 0 Å². The standard InChI is InChI=1S/C15H23N5O2S/c1-2-17-15(20-13-6-3-4-7-13)18-10-11-19-23(21,22)14-8-5-9-16-12-14/h3-5,8-9,12-13,19H,2,6-7,10-11H2,1H3,(H2,17,18,20). The van der Waals surface area contributed by atoms with Crippen molar-refractivity contribution in [2.45, 2.75) is 30.7 Å². The van der Waals surface area contributed by atoms with E-state index < -0.39 is 10.0 Å². The van der Waals surface area contributed by atoms with Crippen LogP contribution in [-0.4, -0.2) is 45.0 Å². The average Bonchev–Trinajstić information content (AvgIpc) is 3.05. The van der Waals surface area contributed by atoms with Crippen LogP contribution in [0, 0.1) is 0 Å². The van der Waals surface area contributed by atoms with Gasteiger partial charge in [-0.1, -0.05) is 12.2 Å². The third kappa shape index (κ3) is 5.65. The molecule has 0 atom stereocenters. The molecule has 0 aliphatic heterocycles. The monoisotopic (exact) mass is 337 g/mol. The van der Waals surface area contributed by atoms with Gasteiger partial charge >= 0.3 is 0 Å². The lowest BCUT2D eigenvalue weighted by molar-refractivity contribution is 0.581. The Labute approximate surface area is 137 Å². The number of aliphatic imine (C=N–C) groups is 1. The van der Waals surface area contributed by atoms with E-state index in [9.17, 15) is 8.42 Å². The van der Waals surface area contributed by atoms with Crippen LogP contribution in [0.25, 0.3) is 0 Å². The van der Waals surface area contributed by atoms with E-state index in [1.54, 1.807) is 6.07 Å². The molecule has 23 heavy (non-hydrogen) atoms. The second-order valence-corrected chi connectivity index (χ2v) is 6.90. The van der Waals surface area contributed by atoms with Gasteiger partial charge in [-0.25, -0.2) is 13.1 Å². The van der Waals surface area contributed by atoms with Crippen LogP contribution >= 0.6 is 0 Å². The zero-order chi connectivity index (χ0) is 16.5. The Morgan fingerprint density at radius 1 is 1.39 bits per heavy atom. The zero-order valence-electron chi connectivity index (χ0n) is 13.2. The lowest BCUT2D eigenvalue weighted by Gasteiger charge is -2.16. The van der Waals surface area contributed by atoms with E-state index in [0.29, 0.717) is 18.5 Å². The van der Waals surface area contributed by atoms with Crippen LogP contribution in [0.1, 0.15) is 19.8 Å². The number of aromatic nitrogens is 1. The maximum absolute atomic E-state index is 12.0. The van der Waals surface area contributed by atoms with Crippen LogP contribution in [-0.2, 0) is 10.0 Å². The largest absolute Gasteiger partial charge is 0.357 e. The summed E-state index contributed by atoms with van der Waals surface area (Å²) in [6, 6.07) is 3.47. The van der Waals surface area contributed by atoms with Crippen LogP contribution in [0.2, 0.25) is 0 Å². The molecule has 2 rings (SSSR count). The van der Waals surface area contributed by atoms with Gasteiger partial charge in [-0.3, -0.25) is 9.98 Å². The predicted octanol–water partition coefficient (Wildman–Crippen LogP) is 0.634. The highest BCUT2D eigenvalue weighted by Gasteiger charge is 2.13. The lowest BCUT2D eigenvalue weighted by Crippen LogP contribution is -2.42. The molecular formula is C15H23N5O2S. The molecule has 0 aromatic carbocycles. The molecule has 3 N–H and O–H groups in total. The Morgan fingerprint density at radius 2 is 2.17 bits per heavy atom. The average molecular weight is 337 g/mol. The third-order valence-corrected chi connectivity index (χ3v) is 4.76. The molecule has 7 nitrogen and oxygen atoms in total. The maximum Gasteiger partial charge on any atom is 0.242 e. The van der Waals surface area contributed by atoms with Gasteiger partial charge in [0.2, 0.25) is 10.0 Å². The normalized spacial score (nSPS) is 15.8. The molecule has 1 aromatic heterocycles. The van der Waals surface area contributed by atoms with Gasteiger partial charge in [0.1, 0.15) is 4.90 Å². The van der Waals surface area contributed by atoms with Crippen molar-refractivity contribution in [1.29, 1.82) is 0 Å². The minimum atomic E-state index is -3.53. The van der Waals surface area contributed by atoms with Crippen LogP contribution in [0.4, 0.5) is 0 Å². The first kappa shape index (κ1) is 17.4. The molecule has 0 fully saturated rings. The van der Waals surface area contributed by atoms with Crippen molar-refractivity contribution in [3.8, 4) is 0 Å². The highest BCUT2D eigenvalue weighted by Crippen LogP contribution is 2.08. The molecule has 126 valence electrons. The Bertz CT molecular complexity index is 635. The number of pyridine rings is 1. The van der Waals surface area contributed by atoms with Crippen molar-refractivity contribution < 1.29 is 8.42 Å². The molecule has 0 spiro atoms. The Kier molecular flexibility index (Phi) is 6.54. The summed E-state index contributed by atoms with van der Waals surface area (Å²) in [5, 5.41) is 6.50. The van der Waals surface area contributed by atoms with Crippen LogP contribution in [0.15, 0.2) is 46.6 Å². The number of rotatable bonds is 7. The first-order valence-electron chi connectivity index (χ1n) is 7.71. The summed E-state index contributed by atoms with van der Waals surface area (Å²) >= 11 is 0. The summed E-state index contributed by atoms with van der Waals surface area (Å²) in [6.07, 6.45) is 9.11. The highest BCUT2D eigenvalue weighted by molar-refractivity contribution is 7.89. The second kappa shape index (κ2) is 8.64. The molecular weight excluding hydrogens is 314 g/mol. The summed E-state index contributed by atoms with van der Waals surface area (Å²) in [6.45, 7) is 3.34. The topological polar surface area (TPSA) is 95.5 Å². The van der Waals surface area contributed by atoms with Gasteiger partial charge in [-0.15, -0.1) is 0 Å². The minimum absolute atomic E-state index is 0.158. The first-order chi connectivity index (χ1) is 11.1. The molecule has 0 saturated carbocycles. The van der Waals surface area contributed by atoms with E-state index in [4.69, 9.17) is 0 Å². The van der Waals surface area contributed by atoms with E-state index in [0.717, 1.165) is 19.4 Å². The fourth-order valence-electron chi connectivity index (χ4n) is 2.19. The molecule has 8 heteroatoms. The van der Waals surface area contributed by atoms with E-state index >= 15 is 0 Å². The summed E-state index contributed by atoms with van der Waals surface area (Å²) in [5.74, 6) is 0.710. The minimum Gasteiger partial charge on any atom is -0.357 e. The van der Waals surface area contributed by atoms with Crippen LogP contribution < -0.4 is 15.4 Å². The van der Waals surface area contributed by atoms with Crippen molar-refractivity contribution in [3.63, 3.8) is 0 Å². The van der Waals surface area contributed by atoms with Gasteiger partial charge in [-0.05, 0) is 31.9 Å². The summed E-state index contributed by atoms with van der Waals surface area (Å²) in [5.41, 5.74) is 0. The number of nitrogens with one attached hydrogen (secondary N) is 3. The Hall–Kier alpha value is -1.93. The van der Waals surface area contributed by atoms with E-state index in [1.807, 2.05) is 6.92 Å². The molecule has 1 aliphatic carbocycles. The van der Waals surface area contributed by atoms with Gasteiger partial charge in [0.15, 0.2) is 5.96 Å². The Balaban J connectivity index is 1.83. The summed E-state index contributed by atoms with van der Waals surface area (Å²) in [7, 11) is -3.53. The van der Waals surface area contributed by atoms with Crippen LogP contribution in [0.3, 0.4) is 0 Å². The lowest BCUT2D eigenvalue weighted by atomic mass is 10.2. The molecule has 1 aliphatic rings. The summed E-state index contributed by atoms with van der Waals surface area (Å²) in [4.78, 5) is 8.37. The second-order valence-electron chi connectivity index (χ2n) is 5.13. The van der Waals surface area contributed by atoms with Crippen molar-refractivity contribution in [1.82, 2.24) is 20.3 Å². The van der Waals surface area contributed by atoms with E-state index in [2.05, 4.69) is 37.5 Å². The molecule has 0 radical (unpaired) electrons. The SMILES string of the molecule is CCNC(=NCCNS(=O)(=O)c1cccnc1)NC1CC=CC1. The highest BCUT2D eigenvalue weighted by atomic mass is 32.2. The Morgan fingerprint density at radius 3 is 2.83 bits per heavy atom. The van der Waals surface area contributed by atoms with Gasteiger partial charge in [0, 0.05) is 31.5 Å². The zero-order valence-corrected chi connectivity index (χ0v) is 14.0.